The molecule has 1 saturated carbocycles. The molecule has 1 aromatic carbocycles. The fourth-order valence-electron chi connectivity index (χ4n) is 2.46. The number of alkyl halides is 3. The predicted molar refractivity (Wildman–Crippen MR) is 94.9 cm³/mol. The van der Waals surface area contributed by atoms with Gasteiger partial charge in [0.15, 0.2) is 0 Å². The molecule has 0 radical (unpaired) electrons. The third-order valence-electron chi connectivity index (χ3n) is 4.03. The lowest BCUT2D eigenvalue weighted by Crippen LogP contribution is -2.29. The molecule has 1 aliphatic rings. The van der Waals surface area contributed by atoms with Crippen molar-refractivity contribution in [3.05, 3.63) is 45.8 Å². The SMILES string of the molecule is [C-]#[N+]C1(NS(=O)c2cc(Cl)c3ccn(-c4nnc(C(F)(F)F)s4)c3c2)CC1. The van der Waals surface area contributed by atoms with Gasteiger partial charge in [-0.2, -0.15) is 17.9 Å². The Bertz CT molecular complexity index is 1110. The van der Waals surface area contributed by atoms with E-state index in [-0.39, 0.29) is 5.13 Å². The molecule has 1 unspecified atom stereocenters. The van der Waals surface area contributed by atoms with Crippen molar-refractivity contribution >= 4 is 44.8 Å². The average molecular weight is 432 g/mol. The largest absolute Gasteiger partial charge is 0.445 e. The molecular weight excluding hydrogens is 423 g/mol. The van der Waals surface area contributed by atoms with E-state index in [2.05, 4.69) is 19.8 Å². The Hall–Kier alpha value is -2.00. The zero-order valence-electron chi connectivity index (χ0n) is 13.2. The standard InChI is InChI=1S/C15H9ClF3N5OS2/c1-20-14(3-4-14)23-27(25)8-6-10(16)9-2-5-24(11(9)7-8)13-22-21-12(26-13)15(17,18)19/h2,5-7,23H,3-4H2. The Morgan fingerprint density at radius 1 is 1.37 bits per heavy atom. The summed E-state index contributed by atoms with van der Waals surface area (Å²) < 4.78 is 55.1. The van der Waals surface area contributed by atoms with E-state index >= 15 is 0 Å². The first-order valence-corrected chi connectivity index (χ1v) is 9.87. The Labute approximate surface area is 162 Å². The molecule has 12 heteroatoms. The van der Waals surface area contributed by atoms with Gasteiger partial charge in [-0.1, -0.05) is 22.9 Å². The van der Waals surface area contributed by atoms with E-state index in [1.165, 1.54) is 16.8 Å². The van der Waals surface area contributed by atoms with Gasteiger partial charge in [-0.05, 0) is 18.2 Å². The minimum atomic E-state index is -4.58. The minimum Gasteiger partial charge on any atom is -0.292 e. The van der Waals surface area contributed by atoms with Gasteiger partial charge in [0.05, 0.1) is 28.3 Å². The summed E-state index contributed by atoms with van der Waals surface area (Å²) >= 11 is 6.65. The van der Waals surface area contributed by atoms with Crippen LogP contribution in [0.25, 0.3) is 20.9 Å². The van der Waals surface area contributed by atoms with Crippen LogP contribution < -0.4 is 4.72 Å². The Morgan fingerprint density at radius 2 is 2.11 bits per heavy atom. The summed E-state index contributed by atoms with van der Waals surface area (Å²) in [6, 6.07) is 4.70. The van der Waals surface area contributed by atoms with Gasteiger partial charge < -0.3 is 0 Å². The second-order valence-electron chi connectivity index (χ2n) is 5.93. The zero-order chi connectivity index (χ0) is 19.4. The Morgan fingerprint density at radius 3 is 2.70 bits per heavy atom. The molecule has 27 heavy (non-hydrogen) atoms. The molecule has 1 atom stereocenters. The molecule has 140 valence electrons. The molecule has 4 rings (SSSR count). The van der Waals surface area contributed by atoms with Crippen LogP contribution in [0.1, 0.15) is 17.8 Å². The topological polar surface area (TPSA) is 64.2 Å². The maximum atomic E-state index is 12.8. The summed E-state index contributed by atoms with van der Waals surface area (Å²) in [5.41, 5.74) is -0.361. The number of nitrogens with one attached hydrogen (secondary N) is 1. The van der Waals surface area contributed by atoms with Crippen molar-refractivity contribution in [2.24, 2.45) is 0 Å². The molecule has 1 aliphatic carbocycles. The van der Waals surface area contributed by atoms with Crippen LogP contribution in [0.3, 0.4) is 0 Å². The summed E-state index contributed by atoms with van der Waals surface area (Å²) in [5.74, 6) is 0. The zero-order valence-corrected chi connectivity index (χ0v) is 15.6. The summed E-state index contributed by atoms with van der Waals surface area (Å²) in [4.78, 5) is 3.77. The molecule has 1 N–H and O–H groups in total. The minimum absolute atomic E-state index is 0.0177. The van der Waals surface area contributed by atoms with E-state index in [4.69, 9.17) is 18.2 Å². The van der Waals surface area contributed by atoms with Crippen molar-refractivity contribution < 1.29 is 17.4 Å². The monoisotopic (exact) mass is 431 g/mol. The highest BCUT2D eigenvalue weighted by molar-refractivity contribution is 7.83. The van der Waals surface area contributed by atoms with Crippen LogP contribution in [0.5, 0.6) is 0 Å². The van der Waals surface area contributed by atoms with Gasteiger partial charge in [0, 0.05) is 11.6 Å². The molecule has 0 saturated heterocycles. The highest BCUT2D eigenvalue weighted by atomic mass is 35.5. The third kappa shape index (κ3) is 3.34. The van der Waals surface area contributed by atoms with Gasteiger partial charge in [0.2, 0.25) is 10.1 Å². The molecule has 0 amide bonds. The number of benzene rings is 1. The van der Waals surface area contributed by atoms with Gasteiger partial charge in [0.25, 0.3) is 5.66 Å². The number of rotatable bonds is 4. The summed E-state index contributed by atoms with van der Waals surface area (Å²) in [6.45, 7) is 7.16. The van der Waals surface area contributed by atoms with E-state index in [1.807, 2.05) is 0 Å². The fourth-order valence-corrected chi connectivity index (χ4v) is 4.67. The lowest BCUT2D eigenvalue weighted by Gasteiger charge is -2.08. The van der Waals surface area contributed by atoms with Crippen LogP contribution in [-0.2, 0) is 17.2 Å². The van der Waals surface area contributed by atoms with Gasteiger partial charge in [0.1, 0.15) is 11.0 Å². The summed E-state index contributed by atoms with van der Waals surface area (Å²) in [6.07, 6.45) is -1.83. The van der Waals surface area contributed by atoms with Crippen molar-refractivity contribution in [3.63, 3.8) is 0 Å². The molecule has 0 aliphatic heterocycles. The molecule has 1 fully saturated rings. The molecule has 0 spiro atoms. The Balaban J connectivity index is 1.75. The van der Waals surface area contributed by atoms with Crippen LogP contribution >= 0.6 is 22.9 Å². The smallest absolute Gasteiger partial charge is 0.292 e. The lowest BCUT2D eigenvalue weighted by atomic mass is 10.2. The van der Waals surface area contributed by atoms with Crippen molar-refractivity contribution in [3.8, 4) is 5.13 Å². The highest BCUT2D eigenvalue weighted by Gasteiger charge is 2.52. The van der Waals surface area contributed by atoms with E-state index in [1.54, 1.807) is 12.1 Å². The average Bonchev–Trinajstić information content (AvgIpc) is 3.03. The second-order valence-corrected chi connectivity index (χ2v) is 8.50. The molecule has 6 nitrogen and oxygen atoms in total. The number of hydrogen-bond donors (Lipinski definition) is 1. The van der Waals surface area contributed by atoms with E-state index in [0.29, 0.717) is 45.0 Å². The fraction of sp³-hybridized carbons (Fsp3) is 0.267. The normalized spacial score (nSPS) is 17.0. The number of hydrogen-bond acceptors (Lipinski definition) is 4. The first-order chi connectivity index (χ1) is 12.7. The molecule has 0 bridgehead atoms. The summed E-state index contributed by atoms with van der Waals surface area (Å²) in [7, 11) is -1.69. The molecule has 2 heterocycles. The van der Waals surface area contributed by atoms with E-state index in [0.717, 1.165) is 0 Å². The number of nitrogens with zero attached hydrogens (tertiary/aromatic N) is 4. The summed E-state index contributed by atoms with van der Waals surface area (Å²) in [5, 5.41) is 6.62. The van der Waals surface area contributed by atoms with Crippen molar-refractivity contribution in [1.29, 1.82) is 0 Å². The van der Waals surface area contributed by atoms with E-state index in [9.17, 15) is 17.4 Å². The maximum absolute atomic E-state index is 12.8. The predicted octanol–water partition coefficient (Wildman–Crippen LogP) is 4.18. The van der Waals surface area contributed by atoms with Crippen LogP contribution in [0.2, 0.25) is 5.02 Å². The van der Waals surface area contributed by atoms with Crippen LogP contribution in [0.15, 0.2) is 29.3 Å². The van der Waals surface area contributed by atoms with Crippen molar-refractivity contribution in [1.82, 2.24) is 19.5 Å². The molecule has 2 aromatic heterocycles. The van der Waals surface area contributed by atoms with Gasteiger partial charge in [-0.15, -0.1) is 10.2 Å². The number of aromatic nitrogens is 3. The molecular formula is C15H9ClF3N5OS2. The first-order valence-electron chi connectivity index (χ1n) is 7.52. The third-order valence-corrected chi connectivity index (χ3v) is 6.54. The van der Waals surface area contributed by atoms with Crippen molar-refractivity contribution in [2.45, 2.75) is 29.6 Å². The van der Waals surface area contributed by atoms with Gasteiger partial charge in [-0.3, -0.25) is 9.41 Å². The van der Waals surface area contributed by atoms with Gasteiger partial charge >= 0.3 is 6.18 Å². The quantitative estimate of drug-likeness (QED) is 0.630. The lowest BCUT2D eigenvalue weighted by molar-refractivity contribution is -0.138. The number of fused-ring (bicyclic) bond motifs is 1. The van der Waals surface area contributed by atoms with Crippen molar-refractivity contribution in [2.75, 3.05) is 0 Å². The highest BCUT2D eigenvalue weighted by Crippen LogP contribution is 2.38. The van der Waals surface area contributed by atoms with Gasteiger partial charge in [-0.25, -0.2) is 10.8 Å². The molecule has 3 aromatic rings. The van der Waals surface area contributed by atoms with Crippen LogP contribution in [0.4, 0.5) is 13.2 Å². The van der Waals surface area contributed by atoms with E-state index < -0.39 is 27.8 Å². The first kappa shape index (κ1) is 18.4. The van der Waals surface area contributed by atoms with Crippen LogP contribution in [0, 0.1) is 6.57 Å². The number of halogens is 4. The Kier molecular flexibility index (Phi) is 4.27. The maximum Gasteiger partial charge on any atom is 0.445 e. The second kappa shape index (κ2) is 6.27. The van der Waals surface area contributed by atoms with Crippen LogP contribution in [-0.4, -0.2) is 24.6 Å².